The highest BCUT2D eigenvalue weighted by Gasteiger charge is 2.14. The van der Waals surface area contributed by atoms with Crippen molar-refractivity contribution in [3.05, 3.63) is 100 Å². The van der Waals surface area contributed by atoms with E-state index in [1.165, 1.54) is 0 Å². The Kier molecular flexibility index (Phi) is 6.84. The number of ether oxygens (including phenoxy) is 1. The SMILES string of the molecule is Cc1ccc(C(C)C)c(OCc2ccc(C(=O)Nc3ccn(Cc4ccc(Cl)cc4)n3)o2)c1. The van der Waals surface area contributed by atoms with E-state index in [2.05, 4.69) is 36.4 Å². The minimum Gasteiger partial charge on any atom is -0.485 e. The van der Waals surface area contributed by atoms with Gasteiger partial charge in [-0.1, -0.05) is 49.7 Å². The van der Waals surface area contributed by atoms with Crippen molar-refractivity contribution in [2.24, 2.45) is 0 Å². The molecule has 0 aliphatic heterocycles. The summed E-state index contributed by atoms with van der Waals surface area (Å²) < 4.78 is 13.4. The molecule has 0 saturated carbocycles. The molecule has 0 unspecified atom stereocenters. The molecule has 7 heteroatoms. The van der Waals surface area contributed by atoms with Crippen LogP contribution < -0.4 is 10.1 Å². The first-order valence-electron chi connectivity index (χ1n) is 10.8. The van der Waals surface area contributed by atoms with Gasteiger partial charge in [-0.25, -0.2) is 0 Å². The zero-order valence-electron chi connectivity index (χ0n) is 18.8. The lowest BCUT2D eigenvalue weighted by Gasteiger charge is -2.14. The van der Waals surface area contributed by atoms with Crippen LogP contribution in [0.1, 0.15) is 52.8 Å². The molecule has 0 fully saturated rings. The number of rotatable bonds is 8. The van der Waals surface area contributed by atoms with Gasteiger partial charge >= 0.3 is 0 Å². The van der Waals surface area contributed by atoms with E-state index in [-0.39, 0.29) is 18.3 Å². The van der Waals surface area contributed by atoms with Gasteiger partial charge in [0.25, 0.3) is 5.91 Å². The van der Waals surface area contributed by atoms with Gasteiger partial charge < -0.3 is 14.5 Å². The molecule has 2 aromatic heterocycles. The number of hydrogen-bond acceptors (Lipinski definition) is 4. The monoisotopic (exact) mass is 463 g/mol. The molecule has 4 rings (SSSR count). The van der Waals surface area contributed by atoms with Crippen LogP contribution in [0.3, 0.4) is 0 Å². The van der Waals surface area contributed by atoms with Crippen molar-refractivity contribution in [2.75, 3.05) is 5.32 Å². The van der Waals surface area contributed by atoms with E-state index in [0.717, 1.165) is 22.4 Å². The van der Waals surface area contributed by atoms with Crippen LogP contribution in [-0.2, 0) is 13.2 Å². The van der Waals surface area contributed by atoms with Gasteiger partial charge in [0.15, 0.2) is 11.6 Å². The Morgan fingerprint density at radius 1 is 1.12 bits per heavy atom. The normalized spacial score (nSPS) is 11.1. The second-order valence-electron chi connectivity index (χ2n) is 8.23. The van der Waals surface area contributed by atoms with E-state index in [9.17, 15) is 4.79 Å². The zero-order valence-corrected chi connectivity index (χ0v) is 19.6. The smallest absolute Gasteiger partial charge is 0.292 e. The van der Waals surface area contributed by atoms with Gasteiger partial charge in [-0.05, 0) is 59.9 Å². The second-order valence-corrected chi connectivity index (χ2v) is 8.67. The highest BCUT2D eigenvalue weighted by molar-refractivity contribution is 6.30. The second kappa shape index (κ2) is 9.96. The lowest BCUT2D eigenvalue weighted by Crippen LogP contribution is -2.12. The molecule has 6 nitrogen and oxygen atoms in total. The van der Waals surface area contributed by atoms with Crippen LogP contribution in [0.15, 0.2) is 71.3 Å². The molecule has 0 bridgehead atoms. The first-order chi connectivity index (χ1) is 15.9. The maximum absolute atomic E-state index is 12.6. The molecule has 0 radical (unpaired) electrons. The third-order valence-corrected chi connectivity index (χ3v) is 5.44. The molecule has 170 valence electrons. The van der Waals surface area contributed by atoms with E-state index >= 15 is 0 Å². The number of nitrogens with one attached hydrogen (secondary N) is 1. The molecular formula is C26H26ClN3O3. The number of halogens is 1. The van der Waals surface area contributed by atoms with Crippen molar-refractivity contribution in [3.8, 4) is 5.75 Å². The highest BCUT2D eigenvalue weighted by atomic mass is 35.5. The average molecular weight is 464 g/mol. The van der Waals surface area contributed by atoms with Gasteiger partial charge in [0.1, 0.15) is 18.1 Å². The molecule has 2 aromatic carbocycles. The predicted molar refractivity (Wildman–Crippen MR) is 129 cm³/mol. The Labute approximate surface area is 198 Å². The largest absolute Gasteiger partial charge is 0.485 e. The molecule has 0 aliphatic rings. The Bertz CT molecular complexity index is 1240. The molecule has 0 spiro atoms. The van der Waals surface area contributed by atoms with Crippen LogP contribution in [0, 0.1) is 6.92 Å². The molecule has 33 heavy (non-hydrogen) atoms. The standard InChI is InChI=1S/C26H26ClN3O3/c1-17(2)22-10-4-18(3)14-24(22)32-16-21-9-11-23(33-21)26(31)28-25-12-13-30(29-25)15-19-5-7-20(27)8-6-19/h4-14,17H,15-16H2,1-3H3,(H,28,29,31). The van der Waals surface area contributed by atoms with Gasteiger partial charge in [-0.2, -0.15) is 5.10 Å². The van der Waals surface area contributed by atoms with Crippen molar-refractivity contribution in [2.45, 2.75) is 39.8 Å². The van der Waals surface area contributed by atoms with Crippen LogP contribution in [0.2, 0.25) is 5.02 Å². The summed E-state index contributed by atoms with van der Waals surface area (Å²) in [4.78, 5) is 12.6. The third kappa shape index (κ3) is 5.84. The lowest BCUT2D eigenvalue weighted by atomic mass is 10.0. The number of aryl methyl sites for hydroxylation is 1. The highest BCUT2D eigenvalue weighted by Crippen LogP contribution is 2.28. The van der Waals surface area contributed by atoms with Crippen molar-refractivity contribution in [1.29, 1.82) is 0 Å². The minimum atomic E-state index is -0.364. The summed E-state index contributed by atoms with van der Waals surface area (Å²) in [5.41, 5.74) is 3.33. The van der Waals surface area contributed by atoms with Gasteiger partial charge in [0.2, 0.25) is 0 Å². The number of furan rings is 1. The molecule has 4 aromatic rings. The summed E-state index contributed by atoms with van der Waals surface area (Å²) in [6.07, 6.45) is 1.81. The first kappa shape index (κ1) is 22.7. The summed E-state index contributed by atoms with van der Waals surface area (Å²) >= 11 is 5.93. The van der Waals surface area contributed by atoms with Gasteiger partial charge in [-0.15, -0.1) is 0 Å². The van der Waals surface area contributed by atoms with Gasteiger partial charge in [-0.3, -0.25) is 9.48 Å². The Hall–Kier alpha value is -3.51. The van der Waals surface area contributed by atoms with Crippen LogP contribution in [0.4, 0.5) is 5.82 Å². The van der Waals surface area contributed by atoms with E-state index < -0.39 is 0 Å². The Balaban J connectivity index is 1.35. The van der Waals surface area contributed by atoms with E-state index in [1.807, 2.05) is 37.3 Å². The van der Waals surface area contributed by atoms with Crippen LogP contribution in [0.5, 0.6) is 5.75 Å². The lowest BCUT2D eigenvalue weighted by molar-refractivity contribution is 0.0992. The quantitative estimate of drug-likeness (QED) is 0.326. The number of hydrogen-bond donors (Lipinski definition) is 1. The molecule has 0 atom stereocenters. The number of carbonyl (C=O) groups excluding carboxylic acids is 1. The number of benzene rings is 2. The van der Waals surface area contributed by atoms with Crippen LogP contribution in [0.25, 0.3) is 0 Å². The van der Waals surface area contributed by atoms with Crippen LogP contribution >= 0.6 is 11.6 Å². The number of nitrogens with zero attached hydrogens (tertiary/aromatic N) is 2. The minimum absolute atomic E-state index is 0.203. The molecule has 1 amide bonds. The molecule has 1 N–H and O–H groups in total. The summed E-state index contributed by atoms with van der Waals surface area (Å²) in [5, 5.41) is 7.85. The van der Waals surface area contributed by atoms with E-state index in [0.29, 0.717) is 29.1 Å². The van der Waals surface area contributed by atoms with Crippen LogP contribution in [-0.4, -0.2) is 15.7 Å². The topological polar surface area (TPSA) is 69.3 Å². The van der Waals surface area contributed by atoms with Crippen molar-refractivity contribution in [1.82, 2.24) is 9.78 Å². The summed E-state index contributed by atoms with van der Waals surface area (Å²) in [5.74, 6) is 2.04. The average Bonchev–Trinajstić information content (AvgIpc) is 3.43. The zero-order chi connectivity index (χ0) is 23.4. The third-order valence-electron chi connectivity index (χ3n) is 5.19. The van der Waals surface area contributed by atoms with E-state index in [4.69, 9.17) is 20.8 Å². The van der Waals surface area contributed by atoms with Crippen molar-refractivity contribution in [3.63, 3.8) is 0 Å². The molecular weight excluding hydrogens is 438 g/mol. The molecule has 0 saturated heterocycles. The number of aromatic nitrogens is 2. The predicted octanol–water partition coefficient (Wildman–Crippen LogP) is 6.44. The van der Waals surface area contributed by atoms with Crippen molar-refractivity contribution < 1.29 is 13.9 Å². The number of carbonyl (C=O) groups is 1. The van der Waals surface area contributed by atoms with Crippen molar-refractivity contribution >= 4 is 23.3 Å². The first-order valence-corrected chi connectivity index (χ1v) is 11.2. The fourth-order valence-electron chi connectivity index (χ4n) is 3.44. The summed E-state index contributed by atoms with van der Waals surface area (Å²) in [7, 11) is 0. The Morgan fingerprint density at radius 2 is 1.91 bits per heavy atom. The maximum Gasteiger partial charge on any atom is 0.292 e. The summed E-state index contributed by atoms with van der Waals surface area (Å²) in [6, 6.07) is 18.9. The molecule has 0 aliphatic carbocycles. The molecule has 2 heterocycles. The number of anilines is 1. The Morgan fingerprint density at radius 3 is 2.67 bits per heavy atom. The van der Waals surface area contributed by atoms with E-state index in [1.54, 1.807) is 29.1 Å². The van der Waals surface area contributed by atoms with Gasteiger partial charge in [0, 0.05) is 17.3 Å². The fourth-order valence-corrected chi connectivity index (χ4v) is 3.57. The maximum atomic E-state index is 12.6. The number of amides is 1. The fraction of sp³-hybridized carbons (Fsp3) is 0.231. The van der Waals surface area contributed by atoms with Gasteiger partial charge in [0.05, 0.1) is 6.54 Å². The summed E-state index contributed by atoms with van der Waals surface area (Å²) in [6.45, 7) is 7.11.